The Hall–Kier alpha value is -3.40. The zero-order valence-electron chi connectivity index (χ0n) is 19.9. The molecule has 38 heavy (non-hydrogen) atoms. The molecule has 0 spiro atoms. The van der Waals surface area contributed by atoms with Crippen molar-refractivity contribution in [3.63, 3.8) is 0 Å². The maximum Gasteiger partial charge on any atom is 0.461 e. The van der Waals surface area contributed by atoms with Gasteiger partial charge in [0.1, 0.15) is 23.2 Å². The fourth-order valence-electron chi connectivity index (χ4n) is 4.88. The number of pyridine rings is 1. The minimum atomic E-state index is -4.82. The van der Waals surface area contributed by atoms with E-state index in [2.05, 4.69) is 20.0 Å². The summed E-state index contributed by atoms with van der Waals surface area (Å²) in [5.41, 5.74) is -0.241. The van der Waals surface area contributed by atoms with E-state index in [-0.39, 0.29) is 30.2 Å². The molecule has 3 atom stereocenters. The highest BCUT2D eigenvalue weighted by Gasteiger charge is 2.46. The first-order valence-electron chi connectivity index (χ1n) is 12.0. The van der Waals surface area contributed by atoms with Crippen molar-refractivity contribution in [2.24, 2.45) is 4.99 Å². The molecule has 1 aromatic heterocycles. The van der Waals surface area contributed by atoms with Crippen molar-refractivity contribution in [3.05, 3.63) is 94.5 Å². The number of hydrogen-bond donors (Lipinski definition) is 1. The van der Waals surface area contributed by atoms with Crippen LogP contribution in [-0.4, -0.2) is 35.7 Å². The lowest BCUT2D eigenvalue weighted by Gasteiger charge is -2.36. The van der Waals surface area contributed by atoms with E-state index in [0.29, 0.717) is 16.8 Å². The van der Waals surface area contributed by atoms with Crippen molar-refractivity contribution < 1.29 is 31.4 Å². The maximum atomic E-state index is 14.9. The third-order valence-corrected chi connectivity index (χ3v) is 6.86. The zero-order chi connectivity index (χ0) is 26.9. The van der Waals surface area contributed by atoms with Gasteiger partial charge in [0.2, 0.25) is 0 Å². The predicted octanol–water partition coefficient (Wildman–Crippen LogP) is 6.49. The van der Waals surface area contributed by atoms with Gasteiger partial charge in [0, 0.05) is 18.7 Å². The van der Waals surface area contributed by atoms with Gasteiger partial charge >= 0.3 is 12.5 Å². The minimum Gasteiger partial charge on any atom is -0.460 e. The van der Waals surface area contributed by atoms with Crippen LogP contribution in [0.3, 0.4) is 0 Å². The lowest BCUT2D eigenvalue weighted by Crippen LogP contribution is -2.49. The summed E-state index contributed by atoms with van der Waals surface area (Å²) in [5, 5.41) is 3.60. The monoisotopic (exact) mass is 551 g/mol. The van der Waals surface area contributed by atoms with Crippen LogP contribution in [-0.2, 0) is 16.7 Å². The number of amidine groups is 1. The van der Waals surface area contributed by atoms with Crippen LogP contribution in [0, 0.1) is 5.82 Å². The second-order valence-corrected chi connectivity index (χ2v) is 9.72. The van der Waals surface area contributed by atoms with E-state index in [1.54, 1.807) is 12.1 Å². The van der Waals surface area contributed by atoms with Crippen molar-refractivity contribution in [1.82, 2.24) is 10.3 Å². The first kappa shape index (κ1) is 26.2. The molecule has 1 aliphatic carbocycles. The third-order valence-electron chi connectivity index (χ3n) is 6.63. The fourth-order valence-corrected chi connectivity index (χ4v) is 4.99. The molecular weight excluding hydrogens is 529 g/mol. The van der Waals surface area contributed by atoms with Gasteiger partial charge in [0.15, 0.2) is 0 Å². The molecular formula is C27H23ClF5N3O2. The number of hydrogen-bond acceptors (Lipinski definition) is 5. The van der Waals surface area contributed by atoms with Gasteiger partial charge in [-0.15, -0.1) is 0 Å². The summed E-state index contributed by atoms with van der Waals surface area (Å²) >= 11 is 6.09. The Morgan fingerprint density at radius 3 is 2.55 bits per heavy atom. The number of fused-ring (bicyclic) bond motifs is 1. The SMILES string of the molecule is Fc1cc(OC(F)(F)C(F)F)cc([C@](Cc2ccccc2)(NC2=NC3CCCC3O2)c2ccc(Cl)cn2)c1. The number of ether oxygens (including phenoxy) is 2. The molecule has 2 aliphatic rings. The van der Waals surface area contributed by atoms with Crippen LogP contribution in [0.2, 0.25) is 5.02 Å². The predicted molar refractivity (Wildman–Crippen MR) is 131 cm³/mol. The number of nitrogens with zero attached hydrogens (tertiary/aromatic N) is 2. The van der Waals surface area contributed by atoms with E-state index in [1.165, 1.54) is 6.20 Å². The van der Waals surface area contributed by atoms with Crippen molar-refractivity contribution in [2.45, 2.75) is 55.9 Å². The van der Waals surface area contributed by atoms with E-state index < -0.39 is 29.6 Å². The van der Waals surface area contributed by atoms with Gasteiger partial charge in [-0.2, -0.15) is 17.6 Å². The highest BCUT2D eigenvalue weighted by Crippen LogP contribution is 2.38. The summed E-state index contributed by atoms with van der Waals surface area (Å²) in [5.74, 6) is -1.74. The average Bonchev–Trinajstić information content (AvgIpc) is 3.46. The topological polar surface area (TPSA) is 55.7 Å². The molecule has 1 N–H and O–H groups in total. The van der Waals surface area contributed by atoms with E-state index in [1.807, 2.05) is 30.3 Å². The lowest BCUT2D eigenvalue weighted by molar-refractivity contribution is -0.253. The van der Waals surface area contributed by atoms with Gasteiger partial charge in [0.25, 0.3) is 6.02 Å². The molecule has 0 saturated heterocycles. The van der Waals surface area contributed by atoms with Crippen LogP contribution in [0.1, 0.15) is 36.1 Å². The number of benzene rings is 2. The standard InChI is InChI=1S/C27H23ClF5N3O2/c28-18-9-10-23(34-15-18)26(14-16-5-2-1-3-6-16,36-25-35-21-7-4-8-22(21)37-25)17-11-19(29)13-20(12-17)38-27(32,33)24(30)31/h1-3,5-6,9-13,15,21-22,24H,4,7-8,14H2,(H,35,36)/t21?,22?,26-/m0/s1. The molecule has 2 unspecified atom stereocenters. The molecule has 200 valence electrons. The maximum absolute atomic E-state index is 14.9. The van der Waals surface area contributed by atoms with Gasteiger partial charge in [-0.05, 0) is 54.7 Å². The third kappa shape index (κ3) is 5.41. The summed E-state index contributed by atoms with van der Waals surface area (Å²) in [4.78, 5) is 9.12. The summed E-state index contributed by atoms with van der Waals surface area (Å²) in [6.45, 7) is 0. The molecule has 0 bridgehead atoms. The van der Waals surface area contributed by atoms with Crippen LogP contribution in [0.25, 0.3) is 0 Å². The van der Waals surface area contributed by atoms with Crippen molar-refractivity contribution in [3.8, 4) is 5.75 Å². The number of rotatable bonds is 8. The van der Waals surface area contributed by atoms with Crippen LogP contribution >= 0.6 is 11.6 Å². The average molecular weight is 552 g/mol. The van der Waals surface area contributed by atoms with Crippen LogP contribution in [0.5, 0.6) is 5.75 Å². The molecule has 1 saturated carbocycles. The molecule has 11 heteroatoms. The Labute approximate surface area is 220 Å². The molecule has 5 nitrogen and oxygen atoms in total. The van der Waals surface area contributed by atoms with E-state index in [4.69, 9.17) is 16.3 Å². The molecule has 3 aromatic rings. The van der Waals surface area contributed by atoms with Gasteiger partial charge < -0.3 is 14.8 Å². The van der Waals surface area contributed by atoms with Gasteiger partial charge in [-0.1, -0.05) is 41.9 Å². The van der Waals surface area contributed by atoms with Crippen LogP contribution in [0.4, 0.5) is 22.0 Å². The summed E-state index contributed by atoms with van der Waals surface area (Å²) in [6, 6.07) is 15.3. The Bertz CT molecular complexity index is 1310. The first-order valence-corrected chi connectivity index (χ1v) is 12.4. The van der Waals surface area contributed by atoms with Gasteiger partial charge in [0.05, 0.1) is 16.8 Å². The van der Waals surface area contributed by atoms with Gasteiger partial charge in [-0.25, -0.2) is 9.38 Å². The Kier molecular flexibility index (Phi) is 7.17. The quantitative estimate of drug-likeness (QED) is 0.325. The molecule has 1 aliphatic heterocycles. The van der Waals surface area contributed by atoms with Crippen LogP contribution < -0.4 is 10.1 Å². The van der Waals surface area contributed by atoms with Crippen molar-refractivity contribution in [2.75, 3.05) is 0 Å². The van der Waals surface area contributed by atoms with E-state index in [0.717, 1.165) is 37.0 Å². The van der Waals surface area contributed by atoms with Crippen molar-refractivity contribution in [1.29, 1.82) is 0 Å². The Morgan fingerprint density at radius 1 is 1.08 bits per heavy atom. The molecule has 0 amide bonds. The second kappa shape index (κ2) is 10.4. The smallest absolute Gasteiger partial charge is 0.460 e. The molecule has 1 fully saturated rings. The summed E-state index contributed by atoms with van der Waals surface area (Å²) in [7, 11) is 0. The first-order chi connectivity index (χ1) is 18.1. The fraction of sp³-hybridized carbons (Fsp3) is 0.333. The minimum absolute atomic E-state index is 0.0405. The second-order valence-electron chi connectivity index (χ2n) is 9.28. The lowest BCUT2D eigenvalue weighted by atomic mass is 9.80. The summed E-state index contributed by atoms with van der Waals surface area (Å²) < 4.78 is 78.6. The number of nitrogens with one attached hydrogen (secondary N) is 1. The largest absolute Gasteiger partial charge is 0.461 e. The number of alkyl halides is 4. The number of aliphatic imine (C=N–C) groups is 1. The molecule has 0 radical (unpaired) electrons. The highest BCUT2D eigenvalue weighted by molar-refractivity contribution is 6.30. The van der Waals surface area contributed by atoms with Gasteiger partial charge in [-0.3, -0.25) is 4.98 Å². The number of aromatic nitrogens is 1. The zero-order valence-corrected chi connectivity index (χ0v) is 20.6. The van der Waals surface area contributed by atoms with E-state index in [9.17, 15) is 22.0 Å². The Morgan fingerprint density at radius 2 is 1.87 bits per heavy atom. The Balaban J connectivity index is 1.67. The van der Waals surface area contributed by atoms with Crippen molar-refractivity contribution >= 4 is 17.6 Å². The van der Waals surface area contributed by atoms with Crippen LogP contribution in [0.15, 0.2) is 71.9 Å². The molecule has 2 heterocycles. The number of halogens is 6. The summed E-state index contributed by atoms with van der Waals surface area (Å²) in [6.07, 6.45) is -4.87. The normalized spacial score (nSPS) is 20.4. The van der Waals surface area contributed by atoms with E-state index >= 15 is 0 Å². The molecule has 5 rings (SSSR count). The highest BCUT2D eigenvalue weighted by atomic mass is 35.5. The molecule has 2 aromatic carbocycles.